The van der Waals surface area contributed by atoms with Crippen molar-refractivity contribution in [2.75, 3.05) is 6.26 Å². The van der Waals surface area contributed by atoms with Gasteiger partial charge in [0, 0.05) is 11.3 Å². The molecule has 102 valence electrons. The molecule has 3 atom stereocenters. The molecule has 1 heterocycles. The van der Waals surface area contributed by atoms with E-state index in [1.54, 1.807) is 13.8 Å². The van der Waals surface area contributed by atoms with Crippen molar-refractivity contribution in [3.05, 3.63) is 0 Å². The van der Waals surface area contributed by atoms with Gasteiger partial charge >= 0.3 is 0 Å². The first-order valence-electron chi connectivity index (χ1n) is 6.56. The number of hydrogen-bond donors (Lipinski definition) is 1. The van der Waals surface area contributed by atoms with Gasteiger partial charge in [0.05, 0.1) is 0 Å². The third kappa shape index (κ3) is 2.13. The highest BCUT2D eigenvalue weighted by atomic mass is 32.2. The lowest BCUT2D eigenvalue weighted by atomic mass is 9.95. The molecule has 3 unspecified atom stereocenters. The first-order chi connectivity index (χ1) is 8.38. The van der Waals surface area contributed by atoms with Crippen LogP contribution in [0.1, 0.15) is 40.0 Å². The van der Waals surface area contributed by atoms with Crippen molar-refractivity contribution in [1.29, 1.82) is 0 Å². The van der Waals surface area contributed by atoms with Gasteiger partial charge in [-0.05, 0) is 39.9 Å². The van der Waals surface area contributed by atoms with E-state index in [2.05, 4.69) is 11.6 Å². The van der Waals surface area contributed by atoms with Crippen molar-refractivity contribution in [3.63, 3.8) is 0 Å². The van der Waals surface area contributed by atoms with Crippen LogP contribution in [-0.4, -0.2) is 45.8 Å². The van der Waals surface area contributed by atoms with Crippen LogP contribution in [0, 0.1) is 0 Å². The van der Waals surface area contributed by atoms with Gasteiger partial charge in [-0.15, -0.1) is 0 Å². The normalized spacial score (nSPS) is 35.8. The average Bonchev–Trinajstić information content (AvgIpc) is 2.75. The zero-order valence-electron chi connectivity index (χ0n) is 11.5. The van der Waals surface area contributed by atoms with E-state index in [0.29, 0.717) is 5.25 Å². The van der Waals surface area contributed by atoms with Crippen LogP contribution < -0.4 is 5.32 Å². The van der Waals surface area contributed by atoms with Crippen LogP contribution in [0.3, 0.4) is 0 Å². The van der Waals surface area contributed by atoms with Gasteiger partial charge in [0.25, 0.3) is 0 Å². The smallest absolute Gasteiger partial charge is 0.248 e. The third-order valence-electron chi connectivity index (χ3n) is 4.08. The first kappa shape index (κ1) is 13.7. The summed E-state index contributed by atoms with van der Waals surface area (Å²) < 4.78 is 0. The van der Waals surface area contributed by atoms with Crippen molar-refractivity contribution in [2.24, 2.45) is 0 Å². The van der Waals surface area contributed by atoms with E-state index in [9.17, 15) is 9.59 Å². The third-order valence-corrected chi connectivity index (χ3v) is 5.23. The topological polar surface area (TPSA) is 49.4 Å². The molecule has 4 nitrogen and oxygen atoms in total. The number of thioether (sulfide) groups is 1. The van der Waals surface area contributed by atoms with Gasteiger partial charge in [-0.3, -0.25) is 9.59 Å². The zero-order chi connectivity index (χ0) is 13.5. The second-order valence-electron chi connectivity index (χ2n) is 5.78. The minimum absolute atomic E-state index is 0.0358. The Morgan fingerprint density at radius 1 is 1.33 bits per heavy atom. The summed E-state index contributed by atoms with van der Waals surface area (Å²) in [6, 6.07) is -0.129. The van der Waals surface area contributed by atoms with E-state index >= 15 is 0 Å². The molecule has 0 aromatic rings. The Labute approximate surface area is 113 Å². The predicted molar refractivity (Wildman–Crippen MR) is 73.5 cm³/mol. The molecular weight excluding hydrogens is 248 g/mol. The molecule has 0 aromatic heterocycles. The Kier molecular flexibility index (Phi) is 3.63. The summed E-state index contributed by atoms with van der Waals surface area (Å²) in [7, 11) is 0. The molecule has 1 aliphatic carbocycles. The molecular formula is C13H22N2O2S. The van der Waals surface area contributed by atoms with Crippen molar-refractivity contribution >= 4 is 23.6 Å². The van der Waals surface area contributed by atoms with E-state index in [1.165, 1.54) is 0 Å². The number of nitrogens with one attached hydrogen (secondary N) is 1. The number of carbonyl (C=O) groups excluding carboxylic acids is 2. The molecule has 2 fully saturated rings. The first-order valence-corrected chi connectivity index (χ1v) is 7.85. The van der Waals surface area contributed by atoms with Crippen LogP contribution in [-0.2, 0) is 9.59 Å². The maximum Gasteiger partial charge on any atom is 0.248 e. The average molecular weight is 270 g/mol. The zero-order valence-corrected chi connectivity index (χ0v) is 12.3. The number of piperazine rings is 1. The minimum atomic E-state index is -0.769. The maximum absolute atomic E-state index is 12.6. The fourth-order valence-electron chi connectivity index (χ4n) is 3.03. The Bertz CT molecular complexity index is 370. The summed E-state index contributed by atoms with van der Waals surface area (Å²) in [4.78, 5) is 26.4. The molecule has 1 saturated heterocycles. The second kappa shape index (κ2) is 4.76. The van der Waals surface area contributed by atoms with E-state index in [0.717, 1.165) is 19.3 Å². The summed E-state index contributed by atoms with van der Waals surface area (Å²) in [5.41, 5.74) is -0.769. The monoisotopic (exact) mass is 270 g/mol. The van der Waals surface area contributed by atoms with Crippen LogP contribution in [0.5, 0.6) is 0 Å². The van der Waals surface area contributed by atoms with Gasteiger partial charge in [0.1, 0.15) is 11.6 Å². The fourth-order valence-corrected chi connectivity index (χ4v) is 4.01. The number of amides is 2. The lowest BCUT2D eigenvalue weighted by molar-refractivity contribution is -0.155. The summed E-state index contributed by atoms with van der Waals surface area (Å²) in [6.07, 6.45) is 5.40. The van der Waals surface area contributed by atoms with Gasteiger partial charge in [0.2, 0.25) is 11.8 Å². The number of hydrogen-bond acceptors (Lipinski definition) is 3. The second-order valence-corrected chi connectivity index (χ2v) is 6.85. The van der Waals surface area contributed by atoms with Crippen molar-refractivity contribution in [1.82, 2.24) is 10.2 Å². The van der Waals surface area contributed by atoms with Gasteiger partial charge in [-0.1, -0.05) is 6.42 Å². The molecule has 2 aliphatic rings. The van der Waals surface area contributed by atoms with E-state index in [1.807, 2.05) is 23.6 Å². The van der Waals surface area contributed by atoms with Crippen molar-refractivity contribution in [3.8, 4) is 0 Å². The molecule has 5 heteroatoms. The largest absolute Gasteiger partial charge is 0.340 e. The Balaban J connectivity index is 2.28. The molecule has 0 aromatic carbocycles. The number of nitrogens with zero attached hydrogens (tertiary/aromatic N) is 1. The summed E-state index contributed by atoms with van der Waals surface area (Å²) >= 11 is 1.81. The summed E-state index contributed by atoms with van der Waals surface area (Å²) in [5.74, 6) is 0.0203. The molecule has 1 saturated carbocycles. The minimum Gasteiger partial charge on any atom is -0.340 e. The predicted octanol–water partition coefficient (Wildman–Crippen LogP) is 1.40. The van der Waals surface area contributed by atoms with E-state index in [-0.39, 0.29) is 23.9 Å². The lowest BCUT2D eigenvalue weighted by Gasteiger charge is -2.45. The fraction of sp³-hybridized carbons (Fsp3) is 0.846. The van der Waals surface area contributed by atoms with Gasteiger partial charge in [-0.25, -0.2) is 0 Å². The van der Waals surface area contributed by atoms with Crippen LogP contribution in [0.25, 0.3) is 0 Å². The lowest BCUT2D eigenvalue weighted by Crippen LogP contribution is -2.69. The van der Waals surface area contributed by atoms with Crippen LogP contribution in [0.15, 0.2) is 0 Å². The molecule has 0 bridgehead atoms. The quantitative estimate of drug-likeness (QED) is 0.825. The standard InChI is InChI=1S/C13H22N2O2S/c1-8-11(16)14-13(2,3)12(17)15(8)9-6-5-7-10(9)18-4/h8-10H,5-7H2,1-4H3,(H,14,16). The SMILES string of the molecule is CSC1CCCC1N1C(=O)C(C)(C)NC(=O)C1C. The van der Waals surface area contributed by atoms with Gasteiger partial charge in [-0.2, -0.15) is 11.8 Å². The molecule has 1 N–H and O–H groups in total. The number of carbonyl (C=O) groups is 2. The van der Waals surface area contributed by atoms with Gasteiger partial charge in [0.15, 0.2) is 0 Å². The van der Waals surface area contributed by atoms with Crippen LogP contribution in [0.2, 0.25) is 0 Å². The Morgan fingerprint density at radius 2 is 2.00 bits per heavy atom. The highest BCUT2D eigenvalue weighted by Gasteiger charge is 2.48. The molecule has 0 spiro atoms. The highest BCUT2D eigenvalue weighted by Crippen LogP contribution is 2.35. The molecule has 2 amide bonds. The van der Waals surface area contributed by atoms with Crippen LogP contribution >= 0.6 is 11.8 Å². The molecule has 18 heavy (non-hydrogen) atoms. The van der Waals surface area contributed by atoms with Crippen LogP contribution in [0.4, 0.5) is 0 Å². The number of rotatable bonds is 2. The molecule has 2 rings (SSSR count). The summed E-state index contributed by atoms with van der Waals surface area (Å²) in [6.45, 7) is 5.41. The van der Waals surface area contributed by atoms with Gasteiger partial charge < -0.3 is 10.2 Å². The van der Waals surface area contributed by atoms with Crippen molar-refractivity contribution < 1.29 is 9.59 Å². The molecule has 0 radical (unpaired) electrons. The summed E-state index contributed by atoms with van der Waals surface area (Å²) in [5, 5.41) is 3.27. The van der Waals surface area contributed by atoms with E-state index < -0.39 is 5.54 Å². The molecule has 1 aliphatic heterocycles. The van der Waals surface area contributed by atoms with Crippen molar-refractivity contribution in [2.45, 2.75) is 62.9 Å². The Morgan fingerprint density at radius 3 is 2.61 bits per heavy atom. The highest BCUT2D eigenvalue weighted by molar-refractivity contribution is 7.99. The van der Waals surface area contributed by atoms with E-state index in [4.69, 9.17) is 0 Å². The Hall–Kier alpha value is -0.710. The maximum atomic E-state index is 12.6.